The van der Waals surface area contributed by atoms with E-state index in [4.69, 9.17) is 5.73 Å². The molecule has 58 heavy (non-hydrogen) atoms. The molecule has 0 fully saturated rings. The van der Waals surface area contributed by atoms with Crippen molar-refractivity contribution in [1.82, 2.24) is 40.9 Å². The van der Waals surface area contributed by atoms with E-state index >= 15 is 0 Å². The molecule has 0 aliphatic rings. The number of fused-ring (bicyclic) bond motifs is 1. The van der Waals surface area contributed by atoms with Gasteiger partial charge in [0, 0.05) is 92.2 Å². The normalized spacial score (nSPS) is 13.9. The summed E-state index contributed by atoms with van der Waals surface area (Å²) in [6, 6.07) is 13.7. The summed E-state index contributed by atoms with van der Waals surface area (Å²) in [5, 5.41) is 9.44. The number of aromatic nitrogens is 5. The van der Waals surface area contributed by atoms with Gasteiger partial charge in [-0.25, -0.2) is 9.97 Å². The van der Waals surface area contributed by atoms with Crippen LogP contribution in [0.2, 0.25) is 0 Å². The van der Waals surface area contributed by atoms with Crippen LogP contribution in [-0.2, 0) is 54.5 Å². The first-order chi connectivity index (χ1) is 27.9. The predicted molar refractivity (Wildman–Crippen MR) is 218 cm³/mol. The van der Waals surface area contributed by atoms with Gasteiger partial charge in [0.1, 0.15) is 6.04 Å². The SMILES string of the molecule is CCC(CC)[C@H](CC(=O)[C@H](Cc1cnc[nH]1)NC(=O)[C@H](Cc1ccccc1)NC(C)=O)C(=O)N[C@@H](Cc1c[nH]c2ccccc12)C(=O)C[C@@H](Cc1cnc[nH]1)C(N)=O. The standard InChI is InChI=1S/C43H53N9O6/c1-4-28(5-2)34(20-40(55)37(19-32-23-46-25-49-32)52-43(58)38(50-26(3)53)15-27-11-7-6-8-12-27)42(57)51-36(17-30-21-47-35-14-10-9-13-33(30)35)39(54)18-29(41(44)56)16-31-22-45-24-48-31/h6-14,21-25,28-29,34,36-38,47H,4-5,15-20H2,1-3H3,(H2,44,56)(H,45,48)(H,46,49)(H,50,53)(H,51,57)(H,52,58)/t29-,34+,36+,37+,38+/m1/s1. The number of hydrogen-bond acceptors (Lipinski definition) is 8. The highest BCUT2D eigenvalue weighted by molar-refractivity contribution is 5.97. The van der Waals surface area contributed by atoms with Crippen LogP contribution in [0.5, 0.6) is 0 Å². The number of para-hydroxylation sites is 1. The number of primary amides is 1. The molecule has 0 radical (unpaired) electrons. The highest BCUT2D eigenvalue weighted by Crippen LogP contribution is 2.26. The van der Waals surface area contributed by atoms with Crippen molar-refractivity contribution in [2.75, 3.05) is 0 Å². The quantitative estimate of drug-likeness (QED) is 0.0516. The number of aromatic amines is 3. The molecule has 4 amide bonds. The van der Waals surface area contributed by atoms with E-state index in [2.05, 4.69) is 40.9 Å². The number of H-pyrrole nitrogens is 3. The third-order valence-electron chi connectivity index (χ3n) is 10.7. The number of carbonyl (C=O) groups is 6. The zero-order valence-corrected chi connectivity index (χ0v) is 33.1. The first kappa shape index (κ1) is 42.8. The summed E-state index contributed by atoms with van der Waals surface area (Å²) in [5.74, 6) is -4.86. The zero-order chi connectivity index (χ0) is 41.6. The Labute approximate surface area is 337 Å². The molecule has 3 heterocycles. The molecule has 15 nitrogen and oxygen atoms in total. The molecular weight excluding hydrogens is 739 g/mol. The number of rotatable bonds is 23. The third kappa shape index (κ3) is 11.8. The lowest BCUT2D eigenvalue weighted by Gasteiger charge is -2.29. The van der Waals surface area contributed by atoms with Crippen molar-refractivity contribution >= 4 is 46.1 Å². The highest BCUT2D eigenvalue weighted by Gasteiger charge is 2.36. The number of nitrogens with two attached hydrogens (primary N) is 1. The average molecular weight is 792 g/mol. The Kier molecular flexibility index (Phi) is 15.2. The van der Waals surface area contributed by atoms with Crippen molar-refractivity contribution in [2.45, 2.75) is 90.3 Å². The van der Waals surface area contributed by atoms with Gasteiger partial charge in [0.2, 0.25) is 23.6 Å². The average Bonchev–Trinajstić information content (AvgIpc) is 4.01. The van der Waals surface area contributed by atoms with Crippen LogP contribution in [0.25, 0.3) is 10.9 Å². The van der Waals surface area contributed by atoms with E-state index in [0.717, 1.165) is 22.0 Å². The Balaban J connectivity index is 1.41. The molecular formula is C43H53N9O6. The number of ketones is 2. The monoisotopic (exact) mass is 791 g/mol. The number of amides is 4. The minimum Gasteiger partial charge on any atom is -0.369 e. The molecule has 0 saturated carbocycles. The number of carbonyl (C=O) groups excluding carboxylic acids is 6. The number of imidazole rings is 2. The smallest absolute Gasteiger partial charge is 0.243 e. The van der Waals surface area contributed by atoms with Crippen molar-refractivity contribution in [1.29, 1.82) is 0 Å². The fourth-order valence-corrected chi connectivity index (χ4v) is 7.49. The van der Waals surface area contributed by atoms with Crippen LogP contribution in [0, 0.1) is 17.8 Å². The molecule has 0 spiro atoms. The van der Waals surface area contributed by atoms with E-state index in [1.54, 1.807) is 18.6 Å². The Morgan fingerprint density at radius 3 is 1.90 bits per heavy atom. The summed E-state index contributed by atoms with van der Waals surface area (Å²) in [7, 11) is 0. The summed E-state index contributed by atoms with van der Waals surface area (Å²) in [4.78, 5) is 99.0. The van der Waals surface area contributed by atoms with Crippen molar-refractivity contribution in [3.8, 4) is 0 Å². The number of nitrogens with zero attached hydrogens (tertiary/aromatic N) is 2. The molecule has 8 N–H and O–H groups in total. The molecule has 2 aromatic carbocycles. The van der Waals surface area contributed by atoms with Gasteiger partial charge in [0.15, 0.2) is 11.6 Å². The Morgan fingerprint density at radius 2 is 1.28 bits per heavy atom. The molecule has 0 saturated heterocycles. The molecule has 5 atom stereocenters. The maximum absolute atomic E-state index is 14.5. The number of Topliss-reactive ketones (excluding diaryl/α,β-unsaturated/α-hetero) is 2. The van der Waals surface area contributed by atoms with Crippen molar-refractivity contribution < 1.29 is 28.8 Å². The van der Waals surface area contributed by atoms with Crippen molar-refractivity contribution in [3.63, 3.8) is 0 Å². The molecule has 0 aliphatic heterocycles. The van der Waals surface area contributed by atoms with E-state index in [1.807, 2.05) is 68.4 Å². The lowest BCUT2D eigenvalue weighted by Crippen LogP contribution is -2.53. The van der Waals surface area contributed by atoms with Gasteiger partial charge in [-0.15, -0.1) is 0 Å². The summed E-state index contributed by atoms with van der Waals surface area (Å²) in [6.07, 6.45) is 9.07. The Bertz CT molecular complexity index is 2130. The predicted octanol–water partition coefficient (Wildman–Crippen LogP) is 3.43. The van der Waals surface area contributed by atoms with Crippen LogP contribution in [0.3, 0.4) is 0 Å². The van der Waals surface area contributed by atoms with Gasteiger partial charge >= 0.3 is 0 Å². The molecule has 5 aromatic rings. The maximum Gasteiger partial charge on any atom is 0.243 e. The summed E-state index contributed by atoms with van der Waals surface area (Å²) in [6.45, 7) is 5.19. The fourth-order valence-electron chi connectivity index (χ4n) is 7.49. The van der Waals surface area contributed by atoms with Crippen molar-refractivity contribution in [3.05, 3.63) is 108 Å². The van der Waals surface area contributed by atoms with Crippen LogP contribution in [0.4, 0.5) is 0 Å². The van der Waals surface area contributed by atoms with Gasteiger partial charge in [-0.3, -0.25) is 28.8 Å². The molecule has 0 unspecified atom stereocenters. The summed E-state index contributed by atoms with van der Waals surface area (Å²) in [5.41, 5.74) is 9.47. The van der Waals surface area contributed by atoms with Gasteiger partial charge in [-0.1, -0.05) is 75.2 Å². The molecule has 306 valence electrons. The molecule has 5 rings (SSSR count). The number of benzene rings is 2. The largest absolute Gasteiger partial charge is 0.369 e. The van der Waals surface area contributed by atoms with E-state index in [1.165, 1.54) is 19.6 Å². The fraction of sp³-hybridized carbons (Fsp3) is 0.395. The van der Waals surface area contributed by atoms with Gasteiger partial charge in [0.05, 0.1) is 30.7 Å². The first-order valence-corrected chi connectivity index (χ1v) is 19.7. The lowest BCUT2D eigenvalue weighted by molar-refractivity contribution is -0.136. The Hall–Kier alpha value is -6.38. The number of nitrogens with one attached hydrogen (secondary N) is 6. The maximum atomic E-state index is 14.5. The summed E-state index contributed by atoms with van der Waals surface area (Å²) >= 11 is 0. The van der Waals surface area contributed by atoms with Crippen LogP contribution in [-0.4, -0.2) is 78.2 Å². The molecule has 0 aliphatic carbocycles. The van der Waals surface area contributed by atoms with E-state index < -0.39 is 59.4 Å². The van der Waals surface area contributed by atoms with E-state index in [9.17, 15) is 28.8 Å². The van der Waals surface area contributed by atoms with Gasteiger partial charge < -0.3 is 36.6 Å². The van der Waals surface area contributed by atoms with Crippen LogP contribution < -0.4 is 21.7 Å². The molecule has 15 heteroatoms. The second-order valence-corrected chi connectivity index (χ2v) is 14.8. The highest BCUT2D eigenvalue weighted by atomic mass is 16.2. The van der Waals surface area contributed by atoms with Crippen molar-refractivity contribution in [2.24, 2.45) is 23.5 Å². The minimum absolute atomic E-state index is 0.0620. The van der Waals surface area contributed by atoms with Gasteiger partial charge in [0.25, 0.3) is 0 Å². The second kappa shape index (κ2) is 20.7. The van der Waals surface area contributed by atoms with E-state index in [-0.39, 0.29) is 50.2 Å². The second-order valence-electron chi connectivity index (χ2n) is 14.8. The Morgan fingerprint density at radius 1 is 0.672 bits per heavy atom. The van der Waals surface area contributed by atoms with Crippen LogP contribution in [0.1, 0.15) is 69.0 Å². The van der Waals surface area contributed by atoms with Crippen LogP contribution >= 0.6 is 0 Å². The zero-order valence-electron chi connectivity index (χ0n) is 33.1. The minimum atomic E-state index is -1.08. The van der Waals surface area contributed by atoms with E-state index in [0.29, 0.717) is 24.2 Å². The summed E-state index contributed by atoms with van der Waals surface area (Å²) < 4.78 is 0. The molecule has 0 bridgehead atoms. The van der Waals surface area contributed by atoms with Gasteiger partial charge in [-0.05, 0) is 23.1 Å². The van der Waals surface area contributed by atoms with Gasteiger partial charge in [-0.2, -0.15) is 0 Å². The van der Waals surface area contributed by atoms with Crippen LogP contribution in [0.15, 0.2) is 85.8 Å². The lowest BCUT2D eigenvalue weighted by atomic mass is 9.81. The third-order valence-corrected chi connectivity index (χ3v) is 10.7. The molecule has 3 aromatic heterocycles. The topological polar surface area (TPSA) is 238 Å². The first-order valence-electron chi connectivity index (χ1n) is 19.7. The number of hydrogen-bond donors (Lipinski definition) is 7.